The Morgan fingerprint density at radius 2 is 2.25 bits per heavy atom. The second kappa shape index (κ2) is 8.47. The molecule has 0 aromatic heterocycles. The first-order valence-electron chi connectivity index (χ1n) is 7.08. The molecule has 0 bridgehead atoms. The fourth-order valence-electron chi connectivity index (χ4n) is 2.38. The van der Waals surface area contributed by atoms with Crippen molar-refractivity contribution in [2.45, 2.75) is 12.5 Å². The van der Waals surface area contributed by atoms with Crippen LogP contribution >= 0.6 is 11.8 Å². The van der Waals surface area contributed by atoms with Crippen molar-refractivity contribution >= 4 is 17.7 Å². The summed E-state index contributed by atoms with van der Waals surface area (Å²) < 4.78 is 5.32. The normalized spacial score (nSPS) is 23.4. The average Bonchev–Trinajstić information content (AvgIpc) is 3.02. The molecule has 1 atom stereocenters. The van der Waals surface area contributed by atoms with E-state index in [1.165, 1.54) is 0 Å². The van der Waals surface area contributed by atoms with Gasteiger partial charge < -0.3 is 9.64 Å². The molecule has 2 fully saturated rings. The third kappa shape index (κ3) is 4.63. The Hall–Kier alpha value is -0.810. The zero-order valence-corrected chi connectivity index (χ0v) is 12.5. The molecule has 2 heterocycles. The highest BCUT2D eigenvalue weighted by molar-refractivity contribution is 7.99. The highest BCUT2D eigenvalue weighted by atomic mass is 32.2. The predicted octanol–water partition coefficient (Wildman–Crippen LogP) is -0.277. The van der Waals surface area contributed by atoms with Crippen molar-refractivity contribution in [3.05, 3.63) is 0 Å². The number of rotatable bonds is 6. The van der Waals surface area contributed by atoms with Gasteiger partial charge in [0.1, 0.15) is 0 Å². The highest BCUT2D eigenvalue weighted by Crippen LogP contribution is 2.12. The second-order valence-corrected chi connectivity index (χ2v) is 5.99. The number of hydrogen-bond acceptors (Lipinski definition) is 6. The molecule has 112 valence electrons. The van der Waals surface area contributed by atoms with E-state index in [0.717, 1.165) is 44.5 Å². The van der Waals surface area contributed by atoms with Gasteiger partial charge in [-0.05, 0) is 0 Å². The Balaban J connectivity index is 1.82. The number of nitrogens with one attached hydrogen (secondary N) is 1. The molecule has 2 saturated heterocycles. The smallest absolute Gasteiger partial charge is 0.240 e. The van der Waals surface area contributed by atoms with E-state index < -0.39 is 0 Å². The molecular formula is C13H22N4O2S. The lowest BCUT2D eigenvalue weighted by Gasteiger charge is -2.30. The molecule has 0 spiro atoms. The molecule has 7 heteroatoms. The van der Waals surface area contributed by atoms with Crippen LogP contribution in [0.15, 0.2) is 0 Å². The third-order valence-electron chi connectivity index (χ3n) is 3.61. The first-order chi connectivity index (χ1) is 9.81. The highest BCUT2D eigenvalue weighted by Gasteiger charge is 2.27. The lowest BCUT2D eigenvalue weighted by Crippen LogP contribution is -2.49. The Labute approximate surface area is 124 Å². The van der Waals surface area contributed by atoms with Crippen molar-refractivity contribution in [1.29, 1.82) is 5.26 Å². The minimum absolute atomic E-state index is 0.0802. The minimum atomic E-state index is -0.0802. The number of carbonyl (C=O) groups excluding carboxylic acids is 1. The average molecular weight is 298 g/mol. The second-order valence-electron chi connectivity index (χ2n) is 4.96. The van der Waals surface area contributed by atoms with Crippen LogP contribution in [-0.2, 0) is 9.53 Å². The van der Waals surface area contributed by atoms with Crippen LogP contribution < -0.4 is 5.32 Å². The molecule has 0 saturated carbocycles. The van der Waals surface area contributed by atoms with Gasteiger partial charge in [0, 0.05) is 44.4 Å². The third-order valence-corrected chi connectivity index (χ3v) is 4.55. The molecule has 1 N–H and O–H groups in total. The van der Waals surface area contributed by atoms with Crippen LogP contribution in [0.1, 0.15) is 6.42 Å². The van der Waals surface area contributed by atoms with E-state index >= 15 is 0 Å². The maximum atomic E-state index is 12.4. The van der Waals surface area contributed by atoms with Crippen molar-refractivity contribution in [2.75, 3.05) is 57.6 Å². The summed E-state index contributed by atoms with van der Waals surface area (Å²) in [7, 11) is 0. The van der Waals surface area contributed by atoms with Gasteiger partial charge in [0.15, 0.2) is 0 Å². The lowest BCUT2D eigenvalue weighted by molar-refractivity contribution is -0.133. The molecule has 2 aliphatic rings. The molecule has 2 aliphatic heterocycles. The number of nitrogens with zero attached hydrogens (tertiary/aromatic N) is 3. The summed E-state index contributed by atoms with van der Waals surface area (Å²) in [6.07, 6.45) is 0.398. The Morgan fingerprint density at radius 3 is 2.90 bits per heavy atom. The van der Waals surface area contributed by atoms with E-state index in [2.05, 4.69) is 16.3 Å². The van der Waals surface area contributed by atoms with Gasteiger partial charge in [0.25, 0.3) is 0 Å². The van der Waals surface area contributed by atoms with E-state index in [1.54, 1.807) is 11.8 Å². The number of nitriles is 1. The van der Waals surface area contributed by atoms with Gasteiger partial charge in [-0.3, -0.25) is 15.0 Å². The van der Waals surface area contributed by atoms with Gasteiger partial charge in [0.05, 0.1) is 31.7 Å². The predicted molar refractivity (Wildman–Crippen MR) is 78.3 cm³/mol. The summed E-state index contributed by atoms with van der Waals surface area (Å²) in [6, 6.07) is 2.05. The van der Waals surface area contributed by atoms with Gasteiger partial charge in [0.2, 0.25) is 5.91 Å². The van der Waals surface area contributed by atoms with Crippen LogP contribution in [0, 0.1) is 11.3 Å². The Morgan fingerprint density at radius 1 is 1.45 bits per heavy atom. The maximum absolute atomic E-state index is 12.4. The van der Waals surface area contributed by atoms with Gasteiger partial charge in [-0.2, -0.15) is 5.26 Å². The zero-order valence-electron chi connectivity index (χ0n) is 11.7. The van der Waals surface area contributed by atoms with Crippen LogP contribution in [0.4, 0.5) is 0 Å². The number of amides is 1. The van der Waals surface area contributed by atoms with Gasteiger partial charge in [-0.25, -0.2) is 0 Å². The molecule has 6 nitrogen and oxygen atoms in total. The van der Waals surface area contributed by atoms with Gasteiger partial charge >= 0.3 is 0 Å². The Kier molecular flexibility index (Phi) is 6.60. The fraction of sp³-hybridized carbons (Fsp3) is 0.846. The molecule has 0 aromatic carbocycles. The zero-order chi connectivity index (χ0) is 14.2. The first-order valence-corrected chi connectivity index (χ1v) is 8.23. The van der Waals surface area contributed by atoms with Crippen molar-refractivity contribution in [1.82, 2.24) is 15.1 Å². The largest absolute Gasteiger partial charge is 0.379 e. The number of morpholine rings is 1. The minimum Gasteiger partial charge on any atom is -0.379 e. The van der Waals surface area contributed by atoms with E-state index in [9.17, 15) is 4.79 Å². The monoisotopic (exact) mass is 298 g/mol. The molecule has 0 radical (unpaired) electrons. The summed E-state index contributed by atoms with van der Waals surface area (Å²) in [4.78, 5) is 16.6. The topological polar surface area (TPSA) is 68.6 Å². The molecule has 1 amide bonds. The van der Waals surface area contributed by atoms with Crippen molar-refractivity contribution < 1.29 is 9.53 Å². The van der Waals surface area contributed by atoms with Crippen molar-refractivity contribution in [2.24, 2.45) is 0 Å². The number of ether oxygens (including phenoxy) is 1. The number of thioether (sulfide) groups is 1. The van der Waals surface area contributed by atoms with E-state index in [4.69, 9.17) is 10.00 Å². The van der Waals surface area contributed by atoms with Gasteiger partial charge in [-0.15, -0.1) is 11.8 Å². The molecule has 2 rings (SSSR count). The number of hydrogen-bond donors (Lipinski definition) is 1. The molecule has 20 heavy (non-hydrogen) atoms. The fourth-order valence-corrected chi connectivity index (χ4v) is 3.31. The summed E-state index contributed by atoms with van der Waals surface area (Å²) in [5, 5.41) is 12.0. The first kappa shape index (κ1) is 15.6. The SMILES string of the molecule is N#CCCN(CCN1CCOCC1)C(=O)C1CSCN1. The van der Waals surface area contributed by atoms with E-state index in [0.29, 0.717) is 19.5 Å². The molecule has 1 unspecified atom stereocenters. The molecule has 0 aliphatic carbocycles. The van der Waals surface area contributed by atoms with Gasteiger partial charge in [-0.1, -0.05) is 0 Å². The molecule has 0 aromatic rings. The number of carbonyl (C=O) groups is 1. The standard InChI is InChI=1S/C13H22N4O2S/c14-2-1-3-17(13(18)12-10-20-11-15-12)5-4-16-6-8-19-9-7-16/h12,15H,1,3-11H2. The van der Waals surface area contributed by atoms with Crippen LogP contribution in [0.3, 0.4) is 0 Å². The van der Waals surface area contributed by atoms with E-state index in [1.807, 2.05) is 4.90 Å². The summed E-state index contributed by atoms with van der Waals surface area (Å²) >= 11 is 1.75. The summed E-state index contributed by atoms with van der Waals surface area (Å²) in [6.45, 7) is 5.49. The van der Waals surface area contributed by atoms with E-state index in [-0.39, 0.29) is 11.9 Å². The van der Waals surface area contributed by atoms with Crippen LogP contribution in [0.2, 0.25) is 0 Å². The van der Waals surface area contributed by atoms with Crippen molar-refractivity contribution in [3.8, 4) is 6.07 Å². The lowest BCUT2D eigenvalue weighted by atomic mass is 10.2. The quantitative estimate of drug-likeness (QED) is 0.728. The Bertz CT molecular complexity index is 349. The summed E-state index contributed by atoms with van der Waals surface area (Å²) in [5.74, 6) is 1.81. The van der Waals surface area contributed by atoms with Crippen molar-refractivity contribution in [3.63, 3.8) is 0 Å². The van der Waals surface area contributed by atoms with Crippen LogP contribution in [0.5, 0.6) is 0 Å². The molecular weight excluding hydrogens is 276 g/mol. The van der Waals surface area contributed by atoms with Crippen LogP contribution in [-0.4, -0.2) is 79.3 Å². The summed E-state index contributed by atoms with van der Waals surface area (Å²) in [5.41, 5.74) is 0. The van der Waals surface area contributed by atoms with Crippen LogP contribution in [0.25, 0.3) is 0 Å². The maximum Gasteiger partial charge on any atom is 0.240 e.